The highest BCUT2D eigenvalue weighted by Crippen LogP contribution is 2.17. The lowest BCUT2D eigenvalue weighted by Crippen LogP contribution is -2.52. The largest absolute Gasteiger partial charge is 0.368 e. The van der Waals surface area contributed by atoms with E-state index in [9.17, 15) is 9.18 Å². The summed E-state index contributed by atoms with van der Waals surface area (Å²) in [4.78, 5) is 19.0. The molecule has 2 heterocycles. The van der Waals surface area contributed by atoms with Gasteiger partial charge in [0.25, 0.3) is 0 Å². The van der Waals surface area contributed by atoms with Gasteiger partial charge in [0.15, 0.2) is 0 Å². The van der Waals surface area contributed by atoms with Crippen LogP contribution in [-0.2, 0) is 4.79 Å². The first-order valence-corrected chi connectivity index (χ1v) is 8.86. The molecule has 1 atom stereocenters. The Hall–Kier alpha value is -1.66. The van der Waals surface area contributed by atoms with Crippen molar-refractivity contribution >= 4 is 11.6 Å². The fourth-order valence-corrected chi connectivity index (χ4v) is 3.48. The molecule has 1 N–H and O–H groups in total. The van der Waals surface area contributed by atoms with Crippen LogP contribution in [0.25, 0.3) is 0 Å². The van der Waals surface area contributed by atoms with Crippen LogP contribution >= 0.6 is 0 Å². The Balaban J connectivity index is 1.44. The summed E-state index contributed by atoms with van der Waals surface area (Å²) in [6, 6.07) is 7.09. The van der Waals surface area contributed by atoms with Crippen LogP contribution in [0.5, 0.6) is 0 Å². The first kappa shape index (κ1) is 17.2. The molecule has 0 aromatic heterocycles. The monoisotopic (exact) mass is 334 g/mol. The summed E-state index contributed by atoms with van der Waals surface area (Å²) in [5, 5.41) is 3.37. The van der Waals surface area contributed by atoms with Gasteiger partial charge >= 0.3 is 0 Å². The van der Waals surface area contributed by atoms with Gasteiger partial charge in [0.2, 0.25) is 5.91 Å². The SMILES string of the molecule is C[C@H]1CNCCN1CCC(=O)N1CCN(c2ccc(F)cc2)CC1. The second kappa shape index (κ2) is 7.94. The zero-order chi connectivity index (χ0) is 16.9. The lowest BCUT2D eigenvalue weighted by atomic mass is 10.2. The molecule has 2 aliphatic heterocycles. The van der Waals surface area contributed by atoms with Crippen LogP contribution in [0, 0.1) is 5.82 Å². The molecule has 1 amide bonds. The van der Waals surface area contributed by atoms with E-state index in [-0.39, 0.29) is 11.7 Å². The summed E-state index contributed by atoms with van der Waals surface area (Å²) < 4.78 is 13.0. The number of hydrogen-bond acceptors (Lipinski definition) is 4. The van der Waals surface area contributed by atoms with E-state index in [2.05, 4.69) is 22.0 Å². The van der Waals surface area contributed by atoms with Crippen LogP contribution in [0.3, 0.4) is 0 Å². The van der Waals surface area contributed by atoms with Crippen molar-refractivity contribution in [1.29, 1.82) is 0 Å². The Morgan fingerprint density at radius 2 is 1.88 bits per heavy atom. The molecule has 0 aliphatic carbocycles. The minimum atomic E-state index is -0.213. The minimum Gasteiger partial charge on any atom is -0.368 e. The standard InChI is InChI=1S/C18H27FN4O/c1-15-14-20-7-9-21(15)8-6-18(24)23-12-10-22(11-13-23)17-4-2-16(19)3-5-17/h2-5,15,20H,6-14H2,1H3/t15-/m0/s1. The number of benzene rings is 1. The summed E-state index contributed by atoms with van der Waals surface area (Å²) in [6.07, 6.45) is 0.598. The van der Waals surface area contributed by atoms with E-state index in [1.807, 2.05) is 4.90 Å². The average Bonchev–Trinajstić information content (AvgIpc) is 2.62. The van der Waals surface area contributed by atoms with Crippen molar-refractivity contribution in [3.8, 4) is 0 Å². The third kappa shape index (κ3) is 4.24. The number of nitrogens with one attached hydrogen (secondary N) is 1. The molecule has 24 heavy (non-hydrogen) atoms. The highest BCUT2D eigenvalue weighted by molar-refractivity contribution is 5.76. The number of anilines is 1. The second-order valence-corrected chi connectivity index (χ2v) is 6.68. The summed E-state index contributed by atoms with van der Waals surface area (Å²) in [6.45, 7) is 9.19. The van der Waals surface area contributed by atoms with Crippen LogP contribution in [-0.4, -0.2) is 74.1 Å². The molecule has 0 bridgehead atoms. The Kier molecular flexibility index (Phi) is 5.68. The molecule has 1 aromatic rings. The number of halogens is 1. The molecule has 2 saturated heterocycles. The van der Waals surface area contributed by atoms with Crippen LogP contribution in [0.1, 0.15) is 13.3 Å². The van der Waals surface area contributed by atoms with Gasteiger partial charge in [-0.15, -0.1) is 0 Å². The van der Waals surface area contributed by atoms with Gasteiger partial charge in [-0.25, -0.2) is 4.39 Å². The first-order chi connectivity index (χ1) is 11.6. The van der Waals surface area contributed by atoms with Gasteiger partial charge in [-0.1, -0.05) is 0 Å². The number of carbonyl (C=O) groups is 1. The van der Waals surface area contributed by atoms with Gasteiger partial charge in [-0.3, -0.25) is 9.69 Å². The van der Waals surface area contributed by atoms with Gasteiger partial charge in [-0.05, 0) is 31.2 Å². The fourth-order valence-electron chi connectivity index (χ4n) is 3.48. The summed E-state index contributed by atoms with van der Waals surface area (Å²) in [7, 11) is 0. The third-order valence-corrected chi connectivity index (χ3v) is 5.08. The van der Waals surface area contributed by atoms with E-state index < -0.39 is 0 Å². The van der Waals surface area contributed by atoms with Gasteiger partial charge in [-0.2, -0.15) is 0 Å². The normalized spacial score (nSPS) is 22.7. The number of amides is 1. The number of nitrogens with zero attached hydrogens (tertiary/aromatic N) is 3. The highest BCUT2D eigenvalue weighted by atomic mass is 19.1. The number of rotatable bonds is 4. The van der Waals surface area contributed by atoms with Crippen LogP contribution < -0.4 is 10.2 Å². The summed E-state index contributed by atoms with van der Waals surface area (Å²) >= 11 is 0. The molecule has 6 heteroatoms. The van der Waals surface area contributed by atoms with Crippen molar-refractivity contribution in [2.75, 3.05) is 57.3 Å². The molecule has 2 aliphatic rings. The van der Waals surface area contributed by atoms with Crippen molar-refractivity contribution in [1.82, 2.24) is 15.1 Å². The lowest BCUT2D eigenvalue weighted by molar-refractivity contribution is -0.132. The highest BCUT2D eigenvalue weighted by Gasteiger charge is 2.23. The molecular weight excluding hydrogens is 307 g/mol. The Labute approximate surface area is 143 Å². The zero-order valence-electron chi connectivity index (χ0n) is 14.4. The van der Waals surface area contributed by atoms with Gasteiger partial charge < -0.3 is 15.1 Å². The predicted molar refractivity (Wildman–Crippen MR) is 93.7 cm³/mol. The van der Waals surface area contributed by atoms with Crippen molar-refractivity contribution < 1.29 is 9.18 Å². The van der Waals surface area contributed by atoms with E-state index >= 15 is 0 Å². The van der Waals surface area contributed by atoms with Crippen molar-refractivity contribution in [3.63, 3.8) is 0 Å². The minimum absolute atomic E-state index is 0.213. The molecule has 5 nitrogen and oxygen atoms in total. The van der Waals surface area contributed by atoms with E-state index in [4.69, 9.17) is 0 Å². The quantitative estimate of drug-likeness (QED) is 0.897. The predicted octanol–water partition coefficient (Wildman–Crippen LogP) is 1.16. The first-order valence-electron chi connectivity index (χ1n) is 8.86. The number of piperazine rings is 2. The number of carbonyl (C=O) groups excluding carboxylic acids is 1. The molecular formula is C18H27FN4O. The maximum Gasteiger partial charge on any atom is 0.223 e. The molecule has 0 unspecified atom stereocenters. The molecule has 3 rings (SSSR count). The Morgan fingerprint density at radius 3 is 2.54 bits per heavy atom. The van der Waals surface area contributed by atoms with Gasteiger partial charge in [0, 0.05) is 70.5 Å². The van der Waals surface area contributed by atoms with Gasteiger partial charge in [0.05, 0.1) is 0 Å². The molecule has 2 fully saturated rings. The van der Waals surface area contributed by atoms with Crippen molar-refractivity contribution in [2.24, 2.45) is 0 Å². The topological polar surface area (TPSA) is 38.8 Å². The van der Waals surface area contributed by atoms with E-state index in [0.29, 0.717) is 12.5 Å². The maximum absolute atomic E-state index is 13.0. The van der Waals surface area contributed by atoms with Crippen molar-refractivity contribution in [2.45, 2.75) is 19.4 Å². The van der Waals surface area contributed by atoms with E-state index in [0.717, 1.165) is 58.0 Å². The summed E-state index contributed by atoms with van der Waals surface area (Å²) in [5.74, 6) is 0.0363. The fraction of sp³-hybridized carbons (Fsp3) is 0.611. The average molecular weight is 334 g/mol. The molecule has 0 radical (unpaired) electrons. The van der Waals surface area contributed by atoms with E-state index in [1.54, 1.807) is 12.1 Å². The Morgan fingerprint density at radius 1 is 1.17 bits per heavy atom. The maximum atomic E-state index is 13.0. The van der Waals surface area contributed by atoms with Crippen LogP contribution in [0.2, 0.25) is 0 Å². The Bertz CT molecular complexity index is 542. The lowest BCUT2D eigenvalue weighted by Gasteiger charge is -2.37. The smallest absolute Gasteiger partial charge is 0.223 e. The molecule has 0 saturated carbocycles. The second-order valence-electron chi connectivity index (χ2n) is 6.68. The number of hydrogen-bond donors (Lipinski definition) is 1. The molecule has 0 spiro atoms. The van der Waals surface area contributed by atoms with E-state index in [1.165, 1.54) is 12.1 Å². The van der Waals surface area contributed by atoms with Gasteiger partial charge in [0.1, 0.15) is 5.82 Å². The van der Waals surface area contributed by atoms with Crippen LogP contribution in [0.4, 0.5) is 10.1 Å². The zero-order valence-corrected chi connectivity index (χ0v) is 14.4. The molecule has 132 valence electrons. The molecule has 1 aromatic carbocycles. The third-order valence-electron chi connectivity index (χ3n) is 5.08. The van der Waals surface area contributed by atoms with Crippen molar-refractivity contribution in [3.05, 3.63) is 30.1 Å². The van der Waals surface area contributed by atoms with Crippen LogP contribution in [0.15, 0.2) is 24.3 Å². The summed E-state index contributed by atoms with van der Waals surface area (Å²) in [5.41, 5.74) is 1.03.